The van der Waals surface area contributed by atoms with E-state index in [1.54, 1.807) is 20.8 Å². The van der Waals surface area contributed by atoms with Crippen molar-refractivity contribution in [2.45, 2.75) is 45.7 Å². The Morgan fingerprint density at radius 3 is 2.39 bits per heavy atom. The minimum atomic E-state index is -3.24. The second-order valence-corrected chi connectivity index (χ2v) is 6.80. The zero-order chi connectivity index (χ0) is 14.4. The van der Waals surface area contributed by atoms with Crippen LogP contribution in [0.1, 0.15) is 34.1 Å². The monoisotopic (exact) mass is 280 g/mol. The van der Waals surface area contributed by atoms with E-state index in [0.29, 0.717) is 13.2 Å². The van der Waals surface area contributed by atoms with Crippen LogP contribution in [0.3, 0.4) is 0 Å². The number of sulfonamides is 1. The molecule has 0 spiro atoms. The Labute approximate surface area is 110 Å². The van der Waals surface area contributed by atoms with Crippen LogP contribution in [-0.2, 0) is 19.6 Å². The molecule has 0 aromatic carbocycles. The Hall–Kier alpha value is -0.660. The lowest BCUT2D eigenvalue weighted by Crippen LogP contribution is -2.51. The van der Waals surface area contributed by atoms with E-state index in [2.05, 4.69) is 10.0 Å². The fraction of sp³-hybridized carbons (Fsp3) is 0.909. The van der Waals surface area contributed by atoms with E-state index in [1.165, 1.54) is 0 Å². The zero-order valence-electron chi connectivity index (χ0n) is 11.7. The van der Waals surface area contributed by atoms with Gasteiger partial charge < -0.3 is 10.1 Å². The molecule has 0 aliphatic heterocycles. The predicted molar refractivity (Wildman–Crippen MR) is 70.8 cm³/mol. The first kappa shape index (κ1) is 17.3. The van der Waals surface area contributed by atoms with Crippen LogP contribution < -0.4 is 10.0 Å². The number of hydrogen-bond acceptors (Lipinski definition) is 5. The summed E-state index contributed by atoms with van der Waals surface area (Å²) in [7, 11) is -3.24. The van der Waals surface area contributed by atoms with E-state index in [0.717, 1.165) is 6.26 Å². The quantitative estimate of drug-likeness (QED) is 0.622. The topological polar surface area (TPSA) is 84.5 Å². The molecular weight excluding hydrogens is 256 g/mol. The van der Waals surface area contributed by atoms with Crippen LogP contribution in [0, 0.1) is 0 Å². The van der Waals surface area contributed by atoms with Crippen LogP contribution in [-0.4, -0.2) is 45.4 Å². The first-order valence-electron chi connectivity index (χ1n) is 5.93. The van der Waals surface area contributed by atoms with Gasteiger partial charge in [-0.3, -0.25) is 4.79 Å². The third-order valence-corrected chi connectivity index (χ3v) is 3.06. The lowest BCUT2D eigenvalue weighted by Gasteiger charge is -2.27. The molecule has 0 amide bonds. The van der Waals surface area contributed by atoms with E-state index in [-0.39, 0.29) is 18.4 Å². The molecule has 0 bridgehead atoms. The summed E-state index contributed by atoms with van der Waals surface area (Å²) in [5, 5.41) is 3.11. The molecule has 1 unspecified atom stereocenters. The fourth-order valence-electron chi connectivity index (χ4n) is 1.51. The van der Waals surface area contributed by atoms with Crippen molar-refractivity contribution in [3.8, 4) is 0 Å². The molecule has 108 valence electrons. The second kappa shape index (κ2) is 7.06. The van der Waals surface area contributed by atoms with Gasteiger partial charge in [-0.25, -0.2) is 13.1 Å². The number of rotatable bonds is 8. The Balaban J connectivity index is 4.11. The van der Waals surface area contributed by atoms with E-state index in [9.17, 15) is 13.2 Å². The van der Waals surface area contributed by atoms with Crippen molar-refractivity contribution in [2.24, 2.45) is 0 Å². The van der Waals surface area contributed by atoms with E-state index < -0.39 is 15.6 Å². The molecule has 0 aromatic rings. The van der Waals surface area contributed by atoms with Crippen molar-refractivity contribution in [3.05, 3.63) is 0 Å². The Morgan fingerprint density at radius 2 is 1.94 bits per heavy atom. The van der Waals surface area contributed by atoms with Crippen LogP contribution in [0.4, 0.5) is 0 Å². The molecule has 0 saturated carbocycles. The van der Waals surface area contributed by atoms with Crippen molar-refractivity contribution < 1.29 is 17.9 Å². The molecule has 0 radical (unpaired) electrons. The maximum atomic E-state index is 11.2. The highest BCUT2D eigenvalue weighted by Gasteiger charge is 2.22. The first-order chi connectivity index (χ1) is 8.06. The lowest BCUT2D eigenvalue weighted by molar-refractivity contribution is -0.143. The second-order valence-electron chi connectivity index (χ2n) is 5.05. The van der Waals surface area contributed by atoms with Crippen molar-refractivity contribution in [1.82, 2.24) is 10.0 Å². The molecule has 2 N–H and O–H groups in total. The zero-order valence-corrected chi connectivity index (χ0v) is 12.6. The van der Waals surface area contributed by atoms with Crippen LogP contribution in [0.5, 0.6) is 0 Å². The molecule has 0 aliphatic carbocycles. The highest BCUT2D eigenvalue weighted by molar-refractivity contribution is 7.88. The molecule has 0 aromatic heterocycles. The highest BCUT2D eigenvalue weighted by atomic mass is 32.2. The summed E-state index contributed by atoms with van der Waals surface area (Å²) in [5.41, 5.74) is -0.601. The van der Waals surface area contributed by atoms with Gasteiger partial charge in [-0.2, -0.15) is 0 Å². The van der Waals surface area contributed by atoms with E-state index >= 15 is 0 Å². The minimum Gasteiger partial charge on any atom is -0.466 e. The maximum absolute atomic E-state index is 11.2. The van der Waals surface area contributed by atoms with Gasteiger partial charge in [-0.05, 0) is 27.7 Å². The van der Waals surface area contributed by atoms with Gasteiger partial charge >= 0.3 is 5.97 Å². The molecule has 0 rings (SSSR count). The third kappa shape index (κ3) is 9.38. The molecule has 7 heteroatoms. The Morgan fingerprint density at radius 1 is 1.39 bits per heavy atom. The van der Waals surface area contributed by atoms with Gasteiger partial charge in [0.1, 0.15) is 0 Å². The van der Waals surface area contributed by atoms with Gasteiger partial charge in [0.25, 0.3) is 0 Å². The number of hydrogen-bond donors (Lipinski definition) is 2. The summed E-state index contributed by atoms with van der Waals surface area (Å²) in [6.45, 7) is 7.96. The lowest BCUT2D eigenvalue weighted by atomic mass is 10.1. The van der Waals surface area contributed by atoms with Crippen LogP contribution in [0.15, 0.2) is 0 Å². The van der Waals surface area contributed by atoms with Crippen molar-refractivity contribution >= 4 is 16.0 Å². The summed E-state index contributed by atoms with van der Waals surface area (Å²) in [6.07, 6.45) is 1.39. The fourth-order valence-corrected chi connectivity index (χ4v) is 2.59. The summed E-state index contributed by atoms with van der Waals surface area (Å²) < 4.78 is 29.6. The average Bonchev–Trinajstić information content (AvgIpc) is 2.11. The molecule has 0 saturated heterocycles. The number of carbonyl (C=O) groups excluding carboxylic acids is 1. The standard InChI is InChI=1S/C11H24N2O4S/c1-6-17-10(14)7-9(2)12-8-11(3,4)13-18(5,15)16/h9,12-13H,6-8H2,1-5H3. The normalized spacial score (nSPS) is 14.3. The summed E-state index contributed by atoms with van der Waals surface area (Å²) in [6, 6.07) is -0.0651. The number of nitrogens with one attached hydrogen (secondary N) is 2. The molecular formula is C11H24N2O4S. The summed E-state index contributed by atoms with van der Waals surface area (Å²) in [4.78, 5) is 11.2. The maximum Gasteiger partial charge on any atom is 0.307 e. The third-order valence-electron chi connectivity index (χ3n) is 2.13. The largest absolute Gasteiger partial charge is 0.466 e. The minimum absolute atomic E-state index is 0.0651. The summed E-state index contributed by atoms with van der Waals surface area (Å²) in [5.74, 6) is -0.258. The summed E-state index contributed by atoms with van der Waals surface area (Å²) >= 11 is 0. The molecule has 0 aliphatic rings. The van der Waals surface area contributed by atoms with Gasteiger partial charge in [0.05, 0.1) is 19.3 Å². The van der Waals surface area contributed by atoms with Crippen molar-refractivity contribution in [3.63, 3.8) is 0 Å². The van der Waals surface area contributed by atoms with Crippen molar-refractivity contribution in [2.75, 3.05) is 19.4 Å². The number of ether oxygens (including phenoxy) is 1. The van der Waals surface area contributed by atoms with Crippen LogP contribution in [0.2, 0.25) is 0 Å². The van der Waals surface area contributed by atoms with Crippen molar-refractivity contribution in [1.29, 1.82) is 0 Å². The molecule has 18 heavy (non-hydrogen) atoms. The predicted octanol–water partition coefficient (Wildman–Crippen LogP) is 0.246. The molecule has 0 fully saturated rings. The Bertz CT molecular complexity index is 365. The Kier molecular flexibility index (Phi) is 6.80. The van der Waals surface area contributed by atoms with Gasteiger partial charge in [0.15, 0.2) is 0 Å². The molecule has 1 atom stereocenters. The van der Waals surface area contributed by atoms with Gasteiger partial charge in [-0.15, -0.1) is 0 Å². The SMILES string of the molecule is CCOC(=O)CC(C)NCC(C)(C)NS(C)(=O)=O. The number of carbonyl (C=O) groups is 1. The average molecular weight is 280 g/mol. The highest BCUT2D eigenvalue weighted by Crippen LogP contribution is 2.03. The molecule has 0 heterocycles. The number of esters is 1. The first-order valence-corrected chi connectivity index (χ1v) is 7.83. The van der Waals surface area contributed by atoms with Gasteiger partial charge in [0.2, 0.25) is 10.0 Å². The smallest absolute Gasteiger partial charge is 0.307 e. The van der Waals surface area contributed by atoms with E-state index in [4.69, 9.17) is 4.74 Å². The van der Waals surface area contributed by atoms with Gasteiger partial charge in [-0.1, -0.05) is 0 Å². The van der Waals surface area contributed by atoms with Gasteiger partial charge in [0, 0.05) is 18.1 Å². The molecule has 6 nitrogen and oxygen atoms in total. The van der Waals surface area contributed by atoms with Crippen LogP contribution >= 0.6 is 0 Å². The van der Waals surface area contributed by atoms with E-state index in [1.807, 2.05) is 6.92 Å². The van der Waals surface area contributed by atoms with Crippen LogP contribution in [0.25, 0.3) is 0 Å².